The zero-order chi connectivity index (χ0) is 17.0. The molecule has 0 saturated carbocycles. The molecule has 0 aromatic heterocycles. The average molecular weight is 325 g/mol. The number of carbonyl (C=O) groups is 1. The summed E-state index contributed by atoms with van der Waals surface area (Å²) >= 11 is 0. The molecule has 0 spiro atoms. The van der Waals surface area contributed by atoms with Crippen LogP contribution < -0.4 is 5.32 Å². The Morgan fingerprint density at radius 2 is 1.58 bits per heavy atom. The number of benzene rings is 2. The van der Waals surface area contributed by atoms with E-state index in [1.807, 2.05) is 30.3 Å². The topological polar surface area (TPSA) is 63.0 Å². The molecule has 0 fully saturated rings. The van der Waals surface area contributed by atoms with E-state index in [1.165, 1.54) is 12.8 Å². The van der Waals surface area contributed by atoms with Crippen molar-refractivity contribution in [1.82, 2.24) is 0 Å². The summed E-state index contributed by atoms with van der Waals surface area (Å²) in [5.41, 5.74) is 2.19. The molecule has 1 N–H and O–H groups in total. The quantitative estimate of drug-likeness (QED) is 0.462. The van der Waals surface area contributed by atoms with E-state index in [4.69, 9.17) is 4.74 Å². The minimum atomic E-state index is -0.426. The van der Waals surface area contributed by atoms with Gasteiger partial charge in [-0.3, -0.25) is 5.32 Å². The Hall–Kier alpha value is -2.69. The molecule has 0 aliphatic carbocycles. The first-order valence-corrected chi connectivity index (χ1v) is 8.28. The molecule has 24 heavy (non-hydrogen) atoms. The molecular formula is C19H23N3O2. The van der Waals surface area contributed by atoms with E-state index in [2.05, 4.69) is 22.5 Å². The summed E-state index contributed by atoms with van der Waals surface area (Å²) < 4.78 is 5.14. The number of nitrogens with one attached hydrogen (secondary N) is 1. The molecule has 5 heteroatoms. The molecule has 5 nitrogen and oxygen atoms in total. The Labute approximate surface area is 142 Å². The molecule has 0 saturated heterocycles. The average Bonchev–Trinajstić information content (AvgIpc) is 2.62. The Kier molecular flexibility index (Phi) is 7.47. The van der Waals surface area contributed by atoms with E-state index in [0.717, 1.165) is 24.2 Å². The van der Waals surface area contributed by atoms with Gasteiger partial charge in [-0.1, -0.05) is 44.4 Å². The fourth-order valence-corrected chi connectivity index (χ4v) is 2.07. The third-order valence-corrected chi connectivity index (χ3v) is 3.38. The molecule has 126 valence electrons. The number of hydrogen-bond donors (Lipinski definition) is 1. The standard InChI is InChI=1S/C19H23N3O2/c1-2-3-4-8-15-24-19(23)20-16-11-13-18(14-12-16)22-21-17-9-6-5-7-10-17/h5-7,9-14H,2-4,8,15H2,1H3,(H,20,23). The van der Waals surface area contributed by atoms with Crippen LogP contribution in [0, 0.1) is 0 Å². The molecule has 2 aromatic rings. The number of ether oxygens (including phenoxy) is 1. The van der Waals surface area contributed by atoms with E-state index in [9.17, 15) is 4.79 Å². The molecule has 0 aliphatic rings. The van der Waals surface area contributed by atoms with Gasteiger partial charge in [0, 0.05) is 5.69 Å². The largest absolute Gasteiger partial charge is 0.449 e. The molecule has 0 atom stereocenters. The zero-order valence-corrected chi connectivity index (χ0v) is 13.9. The highest BCUT2D eigenvalue weighted by molar-refractivity contribution is 5.84. The van der Waals surface area contributed by atoms with Crippen molar-refractivity contribution in [3.63, 3.8) is 0 Å². The van der Waals surface area contributed by atoms with Crippen LogP contribution in [0.25, 0.3) is 0 Å². The van der Waals surface area contributed by atoms with Crippen LogP contribution in [-0.2, 0) is 4.74 Å². The van der Waals surface area contributed by atoms with Crippen molar-refractivity contribution >= 4 is 23.2 Å². The molecular weight excluding hydrogens is 302 g/mol. The number of hydrogen-bond acceptors (Lipinski definition) is 4. The highest BCUT2D eigenvalue weighted by atomic mass is 16.5. The van der Waals surface area contributed by atoms with Gasteiger partial charge in [-0.2, -0.15) is 10.2 Å². The van der Waals surface area contributed by atoms with Gasteiger partial charge in [0.1, 0.15) is 0 Å². The zero-order valence-electron chi connectivity index (χ0n) is 13.9. The Balaban J connectivity index is 1.77. The van der Waals surface area contributed by atoms with Crippen molar-refractivity contribution in [3.05, 3.63) is 54.6 Å². The summed E-state index contributed by atoms with van der Waals surface area (Å²) in [5.74, 6) is 0. The normalized spacial score (nSPS) is 10.7. The summed E-state index contributed by atoms with van der Waals surface area (Å²) in [7, 11) is 0. The fraction of sp³-hybridized carbons (Fsp3) is 0.316. The summed E-state index contributed by atoms with van der Waals surface area (Å²) in [5, 5.41) is 11.0. The van der Waals surface area contributed by atoms with E-state index in [-0.39, 0.29) is 0 Å². The number of azo groups is 1. The molecule has 0 radical (unpaired) electrons. The number of nitrogens with zero attached hydrogens (tertiary/aromatic N) is 2. The van der Waals surface area contributed by atoms with Gasteiger partial charge >= 0.3 is 6.09 Å². The van der Waals surface area contributed by atoms with Crippen LogP contribution in [0.2, 0.25) is 0 Å². The SMILES string of the molecule is CCCCCCOC(=O)Nc1ccc(N=Nc2ccccc2)cc1. The first-order chi connectivity index (χ1) is 11.8. The third-order valence-electron chi connectivity index (χ3n) is 3.38. The number of carbonyl (C=O) groups excluding carboxylic acids is 1. The lowest BCUT2D eigenvalue weighted by atomic mass is 10.2. The van der Waals surface area contributed by atoms with Crippen LogP contribution in [0.3, 0.4) is 0 Å². The van der Waals surface area contributed by atoms with Gasteiger partial charge in [-0.05, 0) is 42.8 Å². The van der Waals surface area contributed by atoms with Crippen molar-refractivity contribution < 1.29 is 9.53 Å². The van der Waals surface area contributed by atoms with Crippen molar-refractivity contribution in [2.75, 3.05) is 11.9 Å². The highest BCUT2D eigenvalue weighted by Gasteiger charge is 2.02. The van der Waals surface area contributed by atoms with Crippen LogP contribution >= 0.6 is 0 Å². The van der Waals surface area contributed by atoms with Gasteiger partial charge in [-0.25, -0.2) is 4.79 Å². The summed E-state index contributed by atoms with van der Waals surface area (Å²) in [4.78, 5) is 11.7. The first-order valence-electron chi connectivity index (χ1n) is 8.28. The number of rotatable bonds is 8. The number of amides is 1. The molecule has 1 amide bonds. The van der Waals surface area contributed by atoms with E-state index < -0.39 is 6.09 Å². The lowest BCUT2D eigenvalue weighted by molar-refractivity contribution is 0.159. The lowest BCUT2D eigenvalue weighted by Crippen LogP contribution is -2.14. The fourth-order valence-electron chi connectivity index (χ4n) is 2.07. The van der Waals surface area contributed by atoms with Gasteiger partial charge in [0.25, 0.3) is 0 Å². The highest BCUT2D eigenvalue weighted by Crippen LogP contribution is 2.20. The summed E-state index contributed by atoms with van der Waals surface area (Å²) in [6.45, 7) is 2.60. The van der Waals surface area contributed by atoms with Gasteiger partial charge in [0.15, 0.2) is 0 Å². The monoisotopic (exact) mass is 325 g/mol. The predicted octanol–water partition coefficient (Wildman–Crippen LogP) is 6.23. The second kappa shape index (κ2) is 10.2. The van der Waals surface area contributed by atoms with Crippen LogP contribution in [0.15, 0.2) is 64.8 Å². The Morgan fingerprint density at radius 3 is 2.25 bits per heavy atom. The van der Waals surface area contributed by atoms with Crippen LogP contribution in [0.1, 0.15) is 32.6 Å². The van der Waals surface area contributed by atoms with Gasteiger partial charge < -0.3 is 4.74 Å². The second-order valence-corrected chi connectivity index (χ2v) is 5.40. The number of anilines is 1. The molecule has 2 aromatic carbocycles. The molecule has 0 aliphatic heterocycles. The van der Waals surface area contributed by atoms with E-state index >= 15 is 0 Å². The molecule has 0 heterocycles. The molecule has 0 unspecified atom stereocenters. The maximum absolute atomic E-state index is 11.7. The maximum atomic E-state index is 11.7. The first kappa shape index (κ1) is 17.7. The van der Waals surface area contributed by atoms with Gasteiger partial charge in [0.2, 0.25) is 0 Å². The number of unbranched alkanes of at least 4 members (excludes halogenated alkanes) is 3. The summed E-state index contributed by atoms with van der Waals surface area (Å²) in [6.07, 6.45) is 3.90. The van der Waals surface area contributed by atoms with Gasteiger partial charge in [-0.15, -0.1) is 0 Å². The minimum absolute atomic E-state index is 0.426. The van der Waals surface area contributed by atoms with Crippen molar-refractivity contribution in [2.45, 2.75) is 32.6 Å². The second-order valence-electron chi connectivity index (χ2n) is 5.40. The van der Waals surface area contributed by atoms with Crippen molar-refractivity contribution in [1.29, 1.82) is 0 Å². The van der Waals surface area contributed by atoms with Crippen molar-refractivity contribution in [2.24, 2.45) is 10.2 Å². The minimum Gasteiger partial charge on any atom is -0.449 e. The Bertz CT molecular complexity index is 639. The van der Waals surface area contributed by atoms with Crippen molar-refractivity contribution in [3.8, 4) is 0 Å². The van der Waals surface area contributed by atoms with E-state index in [1.54, 1.807) is 24.3 Å². The van der Waals surface area contributed by atoms with Crippen LogP contribution in [-0.4, -0.2) is 12.7 Å². The lowest BCUT2D eigenvalue weighted by Gasteiger charge is -2.06. The van der Waals surface area contributed by atoms with Gasteiger partial charge in [0.05, 0.1) is 18.0 Å². The Morgan fingerprint density at radius 1 is 0.917 bits per heavy atom. The smallest absolute Gasteiger partial charge is 0.411 e. The van der Waals surface area contributed by atoms with Crippen LogP contribution in [0.4, 0.5) is 21.9 Å². The maximum Gasteiger partial charge on any atom is 0.411 e. The molecule has 2 rings (SSSR count). The van der Waals surface area contributed by atoms with Crippen LogP contribution in [0.5, 0.6) is 0 Å². The third kappa shape index (κ3) is 6.60. The summed E-state index contributed by atoms with van der Waals surface area (Å²) in [6, 6.07) is 16.7. The van der Waals surface area contributed by atoms with E-state index in [0.29, 0.717) is 12.3 Å². The molecule has 0 bridgehead atoms. The predicted molar refractivity (Wildman–Crippen MR) is 96.2 cm³/mol.